The predicted octanol–water partition coefficient (Wildman–Crippen LogP) is 10.9. The number of aromatic nitrogens is 1. The smallest absolute Gasteiger partial charge is 0.0613 e. The van der Waals surface area contributed by atoms with E-state index in [4.69, 9.17) is 5.73 Å². The third-order valence-electron chi connectivity index (χ3n) is 8.83. The number of allylic oxidation sites excluding steroid dienone is 2. The summed E-state index contributed by atoms with van der Waals surface area (Å²) in [6.45, 7) is 2.01. The predicted molar refractivity (Wildman–Crippen MR) is 190 cm³/mol. The van der Waals surface area contributed by atoms with Crippen LogP contribution in [0, 0.1) is 0 Å². The number of rotatable bonds is 6. The summed E-state index contributed by atoms with van der Waals surface area (Å²) in [6.07, 6.45) is 9.39. The lowest BCUT2D eigenvalue weighted by atomic mass is 9.82. The zero-order chi connectivity index (χ0) is 30.3. The molecular weight excluding hydrogens is 546 g/mol. The fourth-order valence-electron chi connectivity index (χ4n) is 7.09. The number of nitrogens with zero attached hydrogens (tertiary/aromatic N) is 2. The molecule has 0 spiro atoms. The van der Waals surface area contributed by atoms with Gasteiger partial charge in [0.05, 0.1) is 11.4 Å². The number of fused-ring (bicyclic) bond motifs is 4. The van der Waals surface area contributed by atoms with Crippen molar-refractivity contribution in [3.05, 3.63) is 164 Å². The molecule has 1 aliphatic rings. The summed E-state index contributed by atoms with van der Waals surface area (Å²) in [7, 11) is 0. The number of benzene rings is 6. The first-order valence-electron chi connectivity index (χ1n) is 15.3. The molecule has 1 aliphatic carbocycles. The van der Waals surface area contributed by atoms with Gasteiger partial charge in [0.25, 0.3) is 0 Å². The SMILES string of the molecule is C/C=C\C(=C/N)N(c1ccncc1)c1ccc2c3c(cccc13)-c1c-2c(-c2ccccc2)c2ccccc2c1-c1ccccc1. The van der Waals surface area contributed by atoms with E-state index < -0.39 is 0 Å². The third kappa shape index (κ3) is 4.16. The highest BCUT2D eigenvalue weighted by Crippen LogP contribution is 2.58. The highest BCUT2D eigenvalue weighted by molar-refractivity contribution is 6.28. The van der Waals surface area contributed by atoms with Gasteiger partial charge in [-0.2, -0.15) is 0 Å². The largest absolute Gasteiger partial charge is 0.403 e. The Labute approximate surface area is 263 Å². The molecule has 45 heavy (non-hydrogen) atoms. The van der Waals surface area contributed by atoms with Crippen LogP contribution in [-0.4, -0.2) is 4.98 Å². The van der Waals surface area contributed by atoms with Crippen molar-refractivity contribution >= 4 is 32.9 Å². The van der Waals surface area contributed by atoms with Gasteiger partial charge in [-0.3, -0.25) is 4.98 Å². The zero-order valence-electron chi connectivity index (χ0n) is 25.0. The van der Waals surface area contributed by atoms with E-state index in [1.807, 2.05) is 43.6 Å². The molecule has 0 unspecified atom stereocenters. The second-order valence-electron chi connectivity index (χ2n) is 11.3. The van der Waals surface area contributed by atoms with E-state index in [0.29, 0.717) is 0 Å². The van der Waals surface area contributed by atoms with Crippen LogP contribution in [0.2, 0.25) is 0 Å². The molecule has 0 radical (unpaired) electrons. The van der Waals surface area contributed by atoms with Crippen molar-refractivity contribution in [2.45, 2.75) is 6.92 Å². The Balaban J connectivity index is 1.52. The second-order valence-corrected chi connectivity index (χ2v) is 11.3. The van der Waals surface area contributed by atoms with Crippen LogP contribution >= 0.6 is 0 Å². The number of hydrogen-bond acceptors (Lipinski definition) is 3. The molecule has 1 aromatic heterocycles. The second kappa shape index (κ2) is 11.0. The molecule has 0 aliphatic heterocycles. The summed E-state index contributed by atoms with van der Waals surface area (Å²) >= 11 is 0. The Morgan fingerprint density at radius 1 is 0.578 bits per heavy atom. The minimum absolute atomic E-state index is 0.889. The first kappa shape index (κ1) is 26.7. The van der Waals surface area contributed by atoms with E-state index in [1.54, 1.807) is 6.20 Å². The minimum Gasteiger partial charge on any atom is -0.403 e. The van der Waals surface area contributed by atoms with Crippen LogP contribution in [0.4, 0.5) is 11.4 Å². The summed E-state index contributed by atoms with van der Waals surface area (Å²) in [5, 5.41) is 4.94. The van der Waals surface area contributed by atoms with E-state index in [0.717, 1.165) is 17.1 Å². The lowest BCUT2D eigenvalue weighted by molar-refractivity contribution is 1.18. The molecule has 0 saturated heterocycles. The third-order valence-corrected chi connectivity index (χ3v) is 8.83. The van der Waals surface area contributed by atoms with Crippen LogP contribution in [0.1, 0.15) is 6.92 Å². The van der Waals surface area contributed by atoms with Gasteiger partial charge < -0.3 is 10.6 Å². The van der Waals surface area contributed by atoms with E-state index in [-0.39, 0.29) is 0 Å². The lowest BCUT2D eigenvalue weighted by Gasteiger charge is -2.27. The highest BCUT2D eigenvalue weighted by Gasteiger charge is 2.31. The van der Waals surface area contributed by atoms with Crippen molar-refractivity contribution in [2.75, 3.05) is 4.90 Å². The molecule has 7 aromatic rings. The van der Waals surface area contributed by atoms with Crippen LogP contribution in [0.15, 0.2) is 164 Å². The molecule has 0 fully saturated rings. The average molecular weight is 578 g/mol. The number of hydrogen-bond donors (Lipinski definition) is 1. The van der Waals surface area contributed by atoms with Crippen molar-refractivity contribution in [3.8, 4) is 44.5 Å². The molecule has 6 aromatic carbocycles. The topological polar surface area (TPSA) is 42.1 Å². The summed E-state index contributed by atoms with van der Waals surface area (Å²) in [6, 6.07) is 45.9. The van der Waals surface area contributed by atoms with Crippen molar-refractivity contribution in [3.63, 3.8) is 0 Å². The van der Waals surface area contributed by atoms with Crippen LogP contribution in [0.5, 0.6) is 0 Å². The molecule has 0 saturated carbocycles. The normalized spacial score (nSPS) is 12.2. The average Bonchev–Trinajstić information content (AvgIpc) is 3.43. The molecule has 1 heterocycles. The summed E-state index contributed by atoms with van der Waals surface area (Å²) in [5.41, 5.74) is 19.3. The van der Waals surface area contributed by atoms with Gasteiger partial charge in [-0.25, -0.2) is 0 Å². The van der Waals surface area contributed by atoms with Gasteiger partial charge in [0.2, 0.25) is 0 Å². The number of anilines is 2. The molecule has 0 amide bonds. The molecule has 214 valence electrons. The maximum atomic E-state index is 6.27. The Hall–Kier alpha value is -5.93. The van der Waals surface area contributed by atoms with Gasteiger partial charge in [-0.1, -0.05) is 115 Å². The summed E-state index contributed by atoms with van der Waals surface area (Å²) in [5.74, 6) is 0. The Bertz CT molecular complexity index is 2180. The van der Waals surface area contributed by atoms with Gasteiger partial charge in [0.1, 0.15) is 0 Å². The van der Waals surface area contributed by atoms with Gasteiger partial charge in [0.15, 0.2) is 0 Å². The number of nitrogens with two attached hydrogens (primary N) is 1. The summed E-state index contributed by atoms with van der Waals surface area (Å²) in [4.78, 5) is 6.51. The molecule has 3 heteroatoms. The van der Waals surface area contributed by atoms with Gasteiger partial charge in [-0.05, 0) is 91.9 Å². The van der Waals surface area contributed by atoms with Crippen molar-refractivity contribution in [1.29, 1.82) is 0 Å². The van der Waals surface area contributed by atoms with E-state index in [2.05, 4.69) is 125 Å². The van der Waals surface area contributed by atoms with Crippen molar-refractivity contribution in [2.24, 2.45) is 5.73 Å². The van der Waals surface area contributed by atoms with Crippen molar-refractivity contribution < 1.29 is 0 Å². The van der Waals surface area contributed by atoms with Gasteiger partial charge >= 0.3 is 0 Å². The Morgan fingerprint density at radius 2 is 1.13 bits per heavy atom. The van der Waals surface area contributed by atoms with Crippen LogP contribution in [0.25, 0.3) is 66.1 Å². The Kier molecular flexibility index (Phi) is 6.50. The van der Waals surface area contributed by atoms with E-state index in [1.165, 1.54) is 66.1 Å². The van der Waals surface area contributed by atoms with Crippen LogP contribution in [0.3, 0.4) is 0 Å². The molecule has 3 nitrogen and oxygen atoms in total. The molecule has 0 bridgehead atoms. The maximum Gasteiger partial charge on any atom is 0.0613 e. The monoisotopic (exact) mass is 577 g/mol. The maximum absolute atomic E-state index is 6.27. The van der Waals surface area contributed by atoms with Crippen molar-refractivity contribution in [1.82, 2.24) is 4.98 Å². The van der Waals surface area contributed by atoms with Crippen LogP contribution < -0.4 is 10.6 Å². The molecular formula is C42H31N3. The quantitative estimate of drug-likeness (QED) is 0.200. The fraction of sp³-hybridized carbons (Fsp3) is 0.0238. The van der Waals surface area contributed by atoms with Crippen LogP contribution in [-0.2, 0) is 0 Å². The zero-order valence-corrected chi connectivity index (χ0v) is 25.0. The Morgan fingerprint density at radius 3 is 1.71 bits per heavy atom. The molecule has 2 N–H and O–H groups in total. The van der Waals surface area contributed by atoms with Gasteiger partial charge in [-0.15, -0.1) is 0 Å². The first-order valence-corrected chi connectivity index (χ1v) is 15.3. The highest BCUT2D eigenvalue weighted by atomic mass is 15.2. The number of pyridine rings is 1. The van der Waals surface area contributed by atoms with E-state index >= 15 is 0 Å². The molecule has 0 atom stereocenters. The standard InChI is InChI=1S/C42H31N3/c1-2-12-31(27-43)45(30-23-25-44-26-24-30)37-22-21-36-40-34(37)19-11-20-35(40)41-38(28-13-5-3-6-14-28)32-17-9-10-18-33(32)39(42(36)41)29-15-7-4-8-16-29/h2-27H,43H2,1H3/b12-2-,31-27+. The lowest BCUT2D eigenvalue weighted by Crippen LogP contribution is -2.17. The van der Waals surface area contributed by atoms with E-state index in [9.17, 15) is 0 Å². The minimum atomic E-state index is 0.889. The first-order chi connectivity index (χ1) is 22.3. The van der Waals surface area contributed by atoms with Gasteiger partial charge in [0, 0.05) is 29.7 Å². The fourth-order valence-corrected chi connectivity index (χ4v) is 7.09. The summed E-state index contributed by atoms with van der Waals surface area (Å²) < 4.78 is 0. The molecule has 8 rings (SSSR count).